The van der Waals surface area contributed by atoms with Gasteiger partial charge in [0.1, 0.15) is 23.7 Å². The van der Waals surface area contributed by atoms with Gasteiger partial charge in [-0.3, -0.25) is 0 Å². The number of benzene rings is 1. The topological polar surface area (TPSA) is 63.2 Å². The molecule has 0 saturated heterocycles. The van der Waals surface area contributed by atoms with E-state index in [1.165, 1.54) is 5.56 Å². The quantitative estimate of drug-likeness (QED) is 0.688. The molecule has 3 aromatic rings. The Morgan fingerprint density at radius 2 is 1.89 bits per heavy atom. The Balaban J connectivity index is 1.70. The SMILES string of the molecule is COc1ccccc1[C@H](C)CNc1cc(-c2ccc(N(C)C)nc2)ncn1. The zero-order valence-electron chi connectivity index (χ0n) is 16.2. The van der Waals surface area contributed by atoms with Crippen LogP contribution in [0.2, 0.25) is 0 Å². The predicted molar refractivity (Wildman–Crippen MR) is 109 cm³/mol. The Bertz CT molecular complexity index is 880. The molecule has 0 spiro atoms. The van der Waals surface area contributed by atoms with Crippen LogP contribution in [0.5, 0.6) is 5.75 Å². The van der Waals surface area contributed by atoms with Crippen LogP contribution in [0.15, 0.2) is 55.0 Å². The molecule has 0 aliphatic carbocycles. The largest absolute Gasteiger partial charge is 0.496 e. The highest BCUT2D eigenvalue weighted by Crippen LogP contribution is 2.26. The third-order valence-corrected chi connectivity index (χ3v) is 4.43. The molecular weight excluding hydrogens is 338 g/mol. The Morgan fingerprint density at radius 1 is 1.07 bits per heavy atom. The molecule has 6 nitrogen and oxygen atoms in total. The third-order valence-electron chi connectivity index (χ3n) is 4.43. The summed E-state index contributed by atoms with van der Waals surface area (Å²) in [5, 5.41) is 3.40. The first-order chi connectivity index (χ1) is 13.1. The molecule has 0 aliphatic heterocycles. The number of hydrogen-bond donors (Lipinski definition) is 1. The average molecular weight is 363 g/mol. The molecule has 2 aromatic heterocycles. The molecule has 0 unspecified atom stereocenters. The van der Waals surface area contributed by atoms with Crippen LogP contribution in [0.4, 0.5) is 11.6 Å². The first-order valence-corrected chi connectivity index (χ1v) is 8.91. The lowest BCUT2D eigenvalue weighted by molar-refractivity contribution is 0.407. The van der Waals surface area contributed by atoms with Crippen molar-refractivity contribution in [2.45, 2.75) is 12.8 Å². The van der Waals surface area contributed by atoms with E-state index in [9.17, 15) is 0 Å². The number of ether oxygens (including phenoxy) is 1. The monoisotopic (exact) mass is 363 g/mol. The van der Waals surface area contributed by atoms with Gasteiger partial charge in [-0.25, -0.2) is 15.0 Å². The molecule has 1 N–H and O–H groups in total. The Labute approximate surface area is 160 Å². The van der Waals surface area contributed by atoms with Gasteiger partial charge in [-0.05, 0) is 23.8 Å². The minimum absolute atomic E-state index is 0.278. The second-order valence-electron chi connectivity index (χ2n) is 6.61. The van der Waals surface area contributed by atoms with Crippen molar-refractivity contribution in [1.82, 2.24) is 15.0 Å². The Hall–Kier alpha value is -3.15. The summed E-state index contributed by atoms with van der Waals surface area (Å²) in [6.07, 6.45) is 3.41. The fraction of sp³-hybridized carbons (Fsp3) is 0.286. The van der Waals surface area contributed by atoms with Crippen molar-refractivity contribution in [2.75, 3.05) is 38.0 Å². The lowest BCUT2D eigenvalue weighted by Crippen LogP contribution is -2.12. The first-order valence-electron chi connectivity index (χ1n) is 8.91. The fourth-order valence-corrected chi connectivity index (χ4v) is 2.86. The predicted octanol–water partition coefficient (Wildman–Crippen LogP) is 3.83. The summed E-state index contributed by atoms with van der Waals surface area (Å²) in [7, 11) is 5.64. The summed E-state index contributed by atoms with van der Waals surface area (Å²) in [5.41, 5.74) is 2.98. The highest BCUT2D eigenvalue weighted by atomic mass is 16.5. The molecule has 0 radical (unpaired) electrons. The zero-order chi connectivity index (χ0) is 19.2. The van der Waals surface area contributed by atoms with E-state index in [0.29, 0.717) is 0 Å². The van der Waals surface area contributed by atoms with Gasteiger partial charge in [0.25, 0.3) is 0 Å². The molecule has 0 saturated carbocycles. The molecule has 3 rings (SSSR count). The van der Waals surface area contributed by atoms with Gasteiger partial charge in [-0.15, -0.1) is 0 Å². The highest BCUT2D eigenvalue weighted by molar-refractivity contribution is 5.62. The van der Waals surface area contributed by atoms with Crippen LogP contribution >= 0.6 is 0 Å². The summed E-state index contributed by atoms with van der Waals surface area (Å²) >= 11 is 0. The van der Waals surface area contributed by atoms with E-state index >= 15 is 0 Å². The minimum Gasteiger partial charge on any atom is -0.496 e. The molecule has 0 amide bonds. The summed E-state index contributed by atoms with van der Waals surface area (Å²) in [6, 6.07) is 14.0. The molecule has 0 fully saturated rings. The number of nitrogens with one attached hydrogen (secondary N) is 1. The van der Waals surface area contributed by atoms with Crippen LogP contribution in [0.3, 0.4) is 0 Å². The van der Waals surface area contributed by atoms with Gasteiger partial charge < -0.3 is 15.0 Å². The molecule has 6 heteroatoms. The van der Waals surface area contributed by atoms with E-state index < -0.39 is 0 Å². The number of rotatable bonds is 7. The maximum atomic E-state index is 5.46. The van der Waals surface area contributed by atoms with Crippen LogP contribution in [0.25, 0.3) is 11.3 Å². The fourth-order valence-electron chi connectivity index (χ4n) is 2.86. The number of para-hydroxylation sites is 1. The molecular formula is C21H25N5O. The maximum Gasteiger partial charge on any atom is 0.129 e. The van der Waals surface area contributed by atoms with Gasteiger partial charge in [0.05, 0.1) is 12.8 Å². The Morgan fingerprint density at radius 3 is 2.59 bits per heavy atom. The number of methoxy groups -OCH3 is 1. The normalized spacial score (nSPS) is 11.7. The van der Waals surface area contributed by atoms with E-state index in [1.807, 2.05) is 61.6 Å². The van der Waals surface area contributed by atoms with E-state index in [-0.39, 0.29) is 5.92 Å². The number of anilines is 2. The van der Waals surface area contributed by atoms with Crippen LogP contribution in [0.1, 0.15) is 18.4 Å². The van der Waals surface area contributed by atoms with Crippen molar-refractivity contribution >= 4 is 11.6 Å². The van der Waals surface area contributed by atoms with Gasteiger partial charge in [-0.1, -0.05) is 25.1 Å². The van der Waals surface area contributed by atoms with Gasteiger partial charge in [-0.2, -0.15) is 0 Å². The van der Waals surface area contributed by atoms with Crippen LogP contribution < -0.4 is 15.0 Å². The molecule has 27 heavy (non-hydrogen) atoms. The summed E-state index contributed by atoms with van der Waals surface area (Å²) in [5.74, 6) is 2.89. The maximum absolute atomic E-state index is 5.46. The van der Waals surface area contributed by atoms with E-state index in [4.69, 9.17) is 4.74 Å². The van der Waals surface area contributed by atoms with E-state index in [1.54, 1.807) is 13.4 Å². The lowest BCUT2D eigenvalue weighted by Gasteiger charge is -2.16. The second-order valence-corrected chi connectivity index (χ2v) is 6.61. The highest BCUT2D eigenvalue weighted by Gasteiger charge is 2.11. The van der Waals surface area contributed by atoms with Gasteiger partial charge in [0.2, 0.25) is 0 Å². The second kappa shape index (κ2) is 8.49. The van der Waals surface area contributed by atoms with Crippen molar-refractivity contribution in [1.29, 1.82) is 0 Å². The summed E-state index contributed by atoms with van der Waals surface area (Å²) in [6.45, 7) is 2.91. The van der Waals surface area contributed by atoms with Gasteiger partial charge in [0, 0.05) is 44.4 Å². The molecule has 0 aliphatic rings. The lowest BCUT2D eigenvalue weighted by atomic mass is 10.00. The summed E-state index contributed by atoms with van der Waals surface area (Å²) in [4.78, 5) is 15.1. The van der Waals surface area contributed by atoms with Crippen molar-refractivity contribution in [3.05, 3.63) is 60.6 Å². The molecule has 0 bridgehead atoms. The van der Waals surface area contributed by atoms with Crippen molar-refractivity contribution in [3.8, 4) is 17.0 Å². The third kappa shape index (κ3) is 4.53. The number of pyridine rings is 1. The standard InChI is InChI=1S/C21H25N5O/c1-15(17-7-5-6-8-19(17)27-4)12-22-20-11-18(24-14-25-20)16-9-10-21(23-13-16)26(2)3/h5-11,13-15H,12H2,1-4H3,(H,22,24,25)/t15-/m1/s1. The number of aromatic nitrogens is 3. The van der Waals surface area contributed by atoms with Crippen LogP contribution in [0, 0.1) is 0 Å². The van der Waals surface area contributed by atoms with Crippen molar-refractivity contribution < 1.29 is 4.74 Å². The molecule has 140 valence electrons. The molecule has 1 aromatic carbocycles. The molecule has 2 heterocycles. The number of hydrogen-bond acceptors (Lipinski definition) is 6. The van der Waals surface area contributed by atoms with Crippen molar-refractivity contribution in [3.63, 3.8) is 0 Å². The van der Waals surface area contributed by atoms with Gasteiger partial charge >= 0.3 is 0 Å². The smallest absolute Gasteiger partial charge is 0.129 e. The van der Waals surface area contributed by atoms with E-state index in [2.05, 4.69) is 33.3 Å². The average Bonchev–Trinajstić information content (AvgIpc) is 2.72. The van der Waals surface area contributed by atoms with Crippen LogP contribution in [-0.4, -0.2) is 42.7 Å². The first kappa shape index (κ1) is 18.6. The summed E-state index contributed by atoms with van der Waals surface area (Å²) < 4.78 is 5.46. The van der Waals surface area contributed by atoms with Crippen molar-refractivity contribution in [2.24, 2.45) is 0 Å². The molecule has 1 atom stereocenters. The minimum atomic E-state index is 0.278. The van der Waals surface area contributed by atoms with Crippen LogP contribution in [-0.2, 0) is 0 Å². The van der Waals surface area contributed by atoms with Gasteiger partial charge in [0.15, 0.2) is 0 Å². The number of nitrogens with zero attached hydrogens (tertiary/aromatic N) is 4. The zero-order valence-corrected chi connectivity index (χ0v) is 16.2. The Kier molecular flexibility index (Phi) is 5.86. The van der Waals surface area contributed by atoms with E-state index in [0.717, 1.165) is 35.2 Å².